The molecule has 0 unspecified atom stereocenters. The first-order valence-electron chi connectivity index (χ1n) is 6.23. The van der Waals surface area contributed by atoms with E-state index in [4.69, 9.17) is 11.5 Å². The number of amides is 1. The van der Waals surface area contributed by atoms with E-state index in [1.54, 1.807) is 16.8 Å². The van der Waals surface area contributed by atoms with Gasteiger partial charge in [0.05, 0.1) is 29.9 Å². The molecule has 106 valence electrons. The van der Waals surface area contributed by atoms with Gasteiger partial charge in [0.1, 0.15) is 11.6 Å². The maximum Gasteiger partial charge on any atom is 0.223 e. The van der Waals surface area contributed by atoms with Crippen LogP contribution in [0.4, 0.5) is 5.82 Å². The normalized spacial score (nSPS) is 29.9. The number of nitrogens with zero attached hydrogens (tertiary/aromatic N) is 3. The van der Waals surface area contributed by atoms with E-state index in [9.17, 15) is 15.0 Å². The maximum atomic E-state index is 11.3. The van der Waals surface area contributed by atoms with Crippen molar-refractivity contribution in [2.75, 3.05) is 5.73 Å². The van der Waals surface area contributed by atoms with E-state index in [1.807, 2.05) is 0 Å². The van der Waals surface area contributed by atoms with Gasteiger partial charge in [0.15, 0.2) is 5.82 Å². The van der Waals surface area contributed by atoms with Crippen LogP contribution in [-0.4, -0.2) is 42.9 Å². The van der Waals surface area contributed by atoms with Crippen molar-refractivity contribution < 1.29 is 15.0 Å². The summed E-state index contributed by atoms with van der Waals surface area (Å²) in [6.07, 6.45) is 1.06. The zero-order chi connectivity index (χ0) is 14.4. The summed E-state index contributed by atoms with van der Waals surface area (Å²) >= 11 is 0. The zero-order valence-corrected chi connectivity index (χ0v) is 10.5. The Morgan fingerprint density at radius 2 is 2.10 bits per heavy atom. The molecule has 20 heavy (non-hydrogen) atoms. The summed E-state index contributed by atoms with van der Waals surface area (Å²) in [4.78, 5) is 19.4. The highest BCUT2D eigenvalue weighted by molar-refractivity contribution is 5.84. The molecule has 0 spiro atoms. The van der Waals surface area contributed by atoms with Gasteiger partial charge in [0.25, 0.3) is 0 Å². The summed E-state index contributed by atoms with van der Waals surface area (Å²) < 4.78 is 1.70. The lowest BCUT2D eigenvalue weighted by atomic mass is 10.1. The summed E-state index contributed by atoms with van der Waals surface area (Å²) in [5.74, 6) is -1.10. The molecule has 1 saturated carbocycles. The summed E-state index contributed by atoms with van der Waals surface area (Å²) in [5, 5.41) is 20.0. The molecule has 0 saturated heterocycles. The van der Waals surface area contributed by atoms with E-state index >= 15 is 0 Å². The van der Waals surface area contributed by atoms with Crippen molar-refractivity contribution in [3.05, 3.63) is 18.6 Å². The third-order valence-electron chi connectivity index (χ3n) is 3.90. The number of nitrogen functional groups attached to an aromatic ring is 1. The van der Waals surface area contributed by atoms with E-state index in [0.717, 1.165) is 0 Å². The lowest BCUT2D eigenvalue weighted by Gasteiger charge is -2.18. The second-order valence-electron chi connectivity index (χ2n) is 5.01. The number of aromatic nitrogens is 3. The van der Waals surface area contributed by atoms with Gasteiger partial charge in [-0.05, 0) is 12.5 Å². The maximum absolute atomic E-state index is 11.3. The summed E-state index contributed by atoms with van der Waals surface area (Å²) in [7, 11) is 0. The minimum Gasteiger partial charge on any atom is -0.390 e. The van der Waals surface area contributed by atoms with Crippen LogP contribution in [0.1, 0.15) is 12.5 Å². The molecule has 2 aromatic rings. The van der Waals surface area contributed by atoms with Crippen LogP contribution >= 0.6 is 0 Å². The van der Waals surface area contributed by atoms with Gasteiger partial charge in [0, 0.05) is 6.20 Å². The van der Waals surface area contributed by atoms with E-state index in [1.165, 1.54) is 6.33 Å². The SMILES string of the molecule is NC(=O)[C@H]1C[C@@H](n2cnc3c(N)nccc32)[C@H](O)[C@@H]1O. The van der Waals surface area contributed by atoms with Crippen molar-refractivity contribution in [2.45, 2.75) is 24.7 Å². The smallest absolute Gasteiger partial charge is 0.223 e. The lowest BCUT2D eigenvalue weighted by molar-refractivity contribution is -0.125. The number of pyridine rings is 1. The Balaban J connectivity index is 2.04. The molecule has 1 aliphatic rings. The fourth-order valence-electron chi connectivity index (χ4n) is 2.81. The summed E-state index contributed by atoms with van der Waals surface area (Å²) in [6.45, 7) is 0. The quantitative estimate of drug-likeness (QED) is 0.542. The monoisotopic (exact) mass is 277 g/mol. The van der Waals surface area contributed by atoms with E-state index in [-0.39, 0.29) is 6.42 Å². The van der Waals surface area contributed by atoms with E-state index in [0.29, 0.717) is 16.9 Å². The minimum atomic E-state index is -1.17. The molecule has 3 rings (SSSR count). The standard InChI is InChI=1S/C12H15N5O3/c13-11-8-6(1-2-15-11)17(4-16-8)7-3-5(12(14)20)9(18)10(7)19/h1-2,4-5,7,9-10,18-19H,3H2,(H2,13,15)(H2,14,20)/t5-,7+,9+,10-/m0/s1. The molecule has 2 heterocycles. The first-order valence-corrected chi connectivity index (χ1v) is 6.23. The molecule has 2 aromatic heterocycles. The Morgan fingerprint density at radius 3 is 2.75 bits per heavy atom. The predicted octanol–water partition coefficient (Wildman–Crippen LogP) is -1.22. The Kier molecular flexibility index (Phi) is 2.84. The largest absolute Gasteiger partial charge is 0.390 e. The number of aliphatic hydroxyl groups is 2. The molecule has 6 N–H and O–H groups in total. The highest BCUT2D eigenvalue weighted by Crippen LogP contribution is 2.37. The number of carbonyl (C=O) groups is 1. The highest BCUT2D eigenvalue weighted by atomic mass is 16.3. The fraction of sp³-hybridized carbons (Fsp3) is 0.417. The number of rotatable bonds is 2. The number of primary amides is 1. The molecule has 1 aliphatic carbocycles. The molecular weight excluding hydrogens is 262 g/mol. The number of carbonyl (C=O) groups excluding carboxylic acids is 1. The fourth-order valence-corrected chi connectivity index (χ4v) is 2.81. The number of hydrogen-bond donors (Lipinski definition) is 4. The Bertz CT molecular complexity index is 670. The van der Waals surface area contributed by atoms with Crippen molar-refractivity contribution in [1.82, 2.24) is 14.5 Å². The van der Waals surface area contributed by atoms with Crippen LogP contribution in [-0.2, 0) is 4.79 Å². The average molecular weight is 277 g/mol. The third kappa shape index (κ3) is 1.73. The van der Waals surface area contributed by atoms with E-state index < -0.39 is 30.1 Å². The minimum absolute atomic E-state index is 0.255. The Hall–Kier alpha value is -2.19. The number of anilines is 1. The Labute approximate surface area is 114 Å². The first-order chi connectivity index (χ1) is 9.50. The second kappa shape index (κ2) is 4.43. The van der Waals surface area contributed by atoms with Gasteiger partial charge in [-0.25, -0.2) is 9.97 Å². The highest BCUT2D eigenvalue weighted by Gasteiger charge is 2.45. The van der Waals surface area contributed by atoms with Crippen LogP contribution in [0, 0.1) is 5.92 Å². The van der Waals surface area contributed by atoms with Crippen LogP contribution in [0.15, 0.2) is 18.6 Å². The van der Waals surface area contributed by atoms with Crippen LogP contribution < -0.4 is 11.5 Å². The van der Waals surface area contributed by atoms with Crippen molar-refractivity contribution in [1.29, 1.82) is 0 Å². The second-order valence-corrected chi connectivity index (χ2v) is 5.01. The van der Waals surface area contributed by atoms with Gasteiger partial charge in [0.2, 0.25) is 5.91 Å². The van der Waals surface area contributed by atoms with Crippen molar-refractivity contribution in [3.63, 3.8) is 0 Å². The number of imidazole rings is 1. The molecule has 0 bridgehead atoms. The Morgan fingerprint density at radius 1 is 1.35 bits per heavy atom. The van der Waals surface area contributed by atoms with Crippen molar-refractivity contribution in [3.8, 4) is 0 Å². The molecule has 8 heteroatoms. The zero-order valence-electron chi connectivity index (χ0n) is 10.5. The van der Waals surface area contributed by atoms with Gasteiger partial charge < -0.3 is 26.2 Å². The summed E-state index contributed by atoms with van der Waals surface area (Å²) in [5.41, 5.74) is 12.2. The lowest BCUT2D eigenvalue weighted by Crippen LogP contribution is -2.35. The van der Waals surface area contributed by atoms with Gasteiger partial charge >= 0.3 is 0 Å². The molecule has 1 amide bonds. The average Bonchev–Trinajstić information content (AvgIpc) is 2.94. The number of fused-ring (bicyclic) bond motifs is 1. The molecular formula is C12H15N5O3. The van der Waals surface area contributed by atoms with Crippen LogP contribution in [0.25, 0.3) is 11.0 Å². The predicted molar refractivity (Wildman–Crippen MR) is 70.3 cm³/mol. The van der Waals surface area contributed by atoms with Crippen molar-refractivity contribution in [2.24, 2.45) is 11.7 Å². The van der Waals surface area contributed by atoms with Crippen LogP contribution in [0.5, 0.6) is 0 Å². The third-order valence-corrected chi connectivity index (χ3v) is 3.90. The number of nitrogens with two attached hydrogens (primary N) is 2. The summed E-state index contributed by atoms with van der Waals surface area (Å²) in [6, 6.07) is 1.24. The van der Waals surface area contributed by atoms with E-state index in [2.05, 4.69) is 9.97 Å². The molecule has 0 radical (unpaired) electrons. The van der Waals surface area contributed by atoms with Gasteiger partial charge in [-0.15, -0.1) is 0 Å². The topological polar surface area (TPSA) is 140 Å². The molecule has 1 fully saturated rings. The number of aliphatic hydroxyl groups excluding tert-OH is 2. The van der Waals surface area contributed by atoms with Gasteiger partial charge in [-0.1, -0.05) is 0 Å². The van der Waals surface area contributed by atoms with Crippen LogP contribution in [0.2, 0.25) is 0 Å². The first kappa shape index (κ1) is 12.8. The van der Waals surface area contributed by atoms with Crippen LogP contribution in [0.3, 0.4) is 0 Å². The van der Waals surface area contributed by atoms with Gasteiger partial charge in [-0.2, -0.15) is 0 Å². The van der Waals surface area contributed by atoms with Crippen molar-refractivity contribution >= 4 is 22.8 Å². The van der Waals surface area contributed by atoms with Gasteiger partial charge in [-0.3, -0.25) is 4.79 Å². The molecule has 8 nitrogen and oxygen atoms in total. The number of hydrogen-bond acceptors (Lipinski definition) is 6. The molecule has 0 aromatic carbocycles. The molecule has 0 aliphatic heterocycles. The molecule has 4 atom stereocenters.